The molecule has 14 heavy (non-hydrogen) atoms. The minimum Gasteiger partial charge on any atom is -0.366 e. The Balaban J connectivity index is 2.01. The molecule has 0 saturated heterocycles. The second kappa shape index (κ2) is 3.77. The number of nitrogens with zero attached hydrogens (tertiary/aromatic N) is 3. The summed E-state index contributed by atoms with van der Waals surface area (Å²) in [5.74, 6) is 1.40. The smallest absolute Gasteiger partial charge is 0.244 e. The van der Waals surface area contributed by atoms with Crippen molar-refractivity contribution in [2.24, 2.45) is 0 Å². The van der Waals surface area contributed by atoms with Crippen LogP contribution in [0.2, 0.25) is 0 Å². The Kier molecular flexibility index (Phi) is 2.47. The van der Waals surface area contributed by atoms with Gasteiger partial charge in [-0.25, -0.2) is 0 Å². The molecule has 1 aromatic rings. The minimum atomic E-state index is 0.327. The number of nitrogens with one attached hydrogen (secondary N) is 2. The third kappa shape index (κ3) is 2.55. The van der Waals surface area contributed by atoms with Gasteiger partial charge in [-0.2, -0.15) is 10.1 Å². The number of hydrogen-bond acceptors (Lipinski definition) is 5. The van der Waals surface area contributed by atoms with E-state index >= 15 is 0 Å². The topological polar surface area (TPSA) is 62.7 Å². The van der Waals surface area contributed by atoms with Crippen molar-refractivity contribution in [3.05, 3.63) is 6.20 Å². The first kappa shape index (κ1) is 9.18. The number of hydrogen-bond donors (Lipinski definition) is 2. The molecule has 0 atom stereocenters. The summed E-state index contributed by atoms with van der Waals surface area (Å²) < 4.78 is 0. The molecule has 1 fully saturated rings. The first-order valence-electron chi connectivity index (χ1n) is 4.97. The molecule has 2 rings (SSSR count). The lowest BCUT2D eigenvalue weighted by atomic mass is 10.4. The Bertz CT molecular complexity index is 289. The standard InChI is InChI=1S/C9H15N5/c1-6(2)11-9-13-8(5-10-14-9)12-7-3-4-7/h5-7H,3-4H2,1-2H3,(H2,11,12,13,14). The van der Waals surface area contributed by atoms with Crippen LogP contribution in [0.4, 0.5) is 11.8 Å². The van der Waals surface area contributed by atoms with E-state index in [1.807, 2.05) is 13.8 Å². The average molecular weight is 193 g/mol. The molecule has 0 aromatic carbocycles. The predicted molar refractivity (Wildman–Crippen MR) is 55.2 cm³/mol. The van der Waals surface area contributed by atoms with E-state index in [0.29, 0.717) is 18.0 Å². The summed E-state index contributed by atoms with van der Waals surface area (Å²) in [4.78, 5) is 4.30. The first-order valence-corrected chi connectivity index (χ1v) is 4.97. The van der Waals surface area contributed by atoms with Gasteiger partial charge in [0.05, 0.1) is 6.20 Å². The molecule has 0 bridgehead atoms. The maximum atomic E-state index is 4.30. The molecule has 1 heterocycles. The quantitative estimate of drug-likeness (QED) is 0.754. The van der Waals surface area contributed by atoms with Gasteiger partial charge >= 0.3 is 0 Å². The Hall–Kier alpha value is -1.39. The highest BCUT2D eigenvalue weighted by Crippen LogP contribution is 2.23. The third-order valence-corrected chi connectivity index (χ3v) is 1.91. The molecule has 0 aliphatic heterocycles. The molecule has 5 heteroatoms. The molecule has 1 saturated carbocycles. The summed E-state index contributed by atoms with van der Waals surface area (Å²) in [7, 11) is 0. The van der Waals surface area contributed by atoms with E-state index in [2.05, 4.69) is 25.8 Å². The summed E-state index contributed by atoms with van der Waals surface area (Å²) in [6, 6.07) is 0.923. The number of rotatable bonds is 4. The van der Waals surface area contributed by atoms with Crippen molar-refractivity contribution in [3.63, 3.8) is 0 Å². The van der Waals surface area contributed by atoms with E-state index in [9.17, 15) is 0 Å². The lowest BCUT2D eigenvalue weighted by molar-refractivity contribution is 0.850. The zero-order chi connectivity index (χ0) is 9.97. The van der Waals surface area contributed by atoms with Gasteiger partial charge in [0.2, 0.25) is 5.95 Å². The Labute approximate surface area is 83.3 Å². The maximum absolute atomic E-state index is 4.30. The summed E-state index contributed by atoms with van der Waals surface area (Å²) in [6.07, 6.45) is 4.12. The summed E-state index contributed by atoms with van der Waals surface area (Å²) >= 11 is 0. The van der Waals surface area contributed by atoms with Crippen molar-refractivity contribution in [3.8, 4) is 0 Å². The first-order chi connectivity index (χ1) is 6.74. The second-order valence-electron chi connectivity index (χ2n) is 3.88. The van der Waals surface area contributed by atoms with Crippen LogP contribution in [0, 0.1) is 0 Å². The summed E-state index contributed by atoms with van der Waals surface area (Å²) in [6.45, 7) is 4.09. The van der Waals surface area contributed by atoms with Crippen molar-refractivity contribution >= 4 is 11.8 Å². The van der Waals surface area contributed by atoms with Crippen LogP contribution < -0.4 is 10.6 Å². The highest BCUT2D eigenvalue weighted by molar-refractivity contribution is 5.39. The lowest BCUT2D eigenvalue weighted by Gasteiger charge is -2.08. The van der Waals surface area contributed by atoms with Gasteiger partial charge in [0, 0.05) is 12.1 Å². The van der Waals surface area contributed by atoms with E-state index in [1.165, 1.54) is 12.8 Å². The van der Waals surface area contributed by atoms with Gasteiger partial charge in [0.15, 0.2) is 5.82 Å². The molecule has 1 aromatic heterocycles. The SMILES string of the molecule is CC(C)Nc1nncc(NC2CC2)n1. The largest absolute Gasteiger partial charge is 0.366 e. The van der Waals surface area contributed by atoms with E-state index in [-0.39, 0.29) is 0 Å². The van der Waals surface area contributed by atoms with E-state index < -0.39 is 0 Å². The van der Waals surface area contributed by atoms with Crippen LogP contribution in [0.3, 0.4) is 0 Å². The van der Waals surface area contributed by atoms with Crippen LogP contribution in [0.15, 0.2) is 6.20 Å². The molecule has 5 nitrogen and oxygen atoms in total. The van der Waals surface area contributed by atoms with Crippen LogP contribution >= 0.6 is 0 Å². The van der Waals surface area contributed by atoms with Crippen molar-refractivity contribution in [1.29, 1.82) is 0 Å². The van der Waals surface area contributed by atoms with Gasteiger partial charge < -0.3 is 10.6 Å². The molecular formula is C9H15N5. The van der Waals surface area contributed by atoms with Gasteiger partial charge in [-0.05, 0) is 26.7 Å². The van der Waals surface area contributed by atoms with Crippen LogP contribution in [0.5, 0.6) is 0 Å². The molecule has 1 aliphatic carbocycles. The summed E-state index contributed by atoms with van der Waals surface area (Å²) in [5.41, 5.74) is 0. The van der Waals surface area contributed by atoms with Crippen molar-refractivity contribution < 1.29 is 0 Å². The Morgan fingerprint density at radius 3 is 2.86 bits per heavy atom. The van der Waals surface area contributed by atoms with Crippen LogP contribution in [0.1, 0.15) is 26.7 Å². The zero-order valence-corrected chi connectivity index (χ0v) is 8.49. The van der Waals surface area contributed by atoms with Crippen molar-refractivity contribution in [2.45, 2.75) is 38.8 Å². The predicted octanol–water partition coefficient (Wildman–Crippen LogP) is 1.27. The zero-order valence-electron chi connectivity index (χ0n) is 8.49. The molecule has 0 unspecified atom stereocenters. The highest BCUT2D eigenvalue weighted by atomic mass is 15.3. The van der Waals surface area contributed by atoms with Gasteiger partial charge in [-0.3, -0.25) is 0 Å². The van der Waals surface area contributed by atoms with E-state index in [4.69, 9.17) is 0 Å². The van der Waals surface area contributed by atoms with Gasteiger partial charge in [0.1, 0.15) is 0 Å². The fraction of sp³-hybridized carbons (Fsp3) is 0.667. The highest BCUT2D eigenvalue weighted by Gasteiger charge is 2.21. The van der Waals surface area contributed by atoms with Crippen LogP contribution in [-0.2, 0) is 0 Å². The second-order valence-corrected chi connectivity index (χ2v) is 3.88. The van der Waals surface area contributed by atoms with Crippen molar-refractivity contribution in [2.75, 3.05) is 10.6 Å². The maximum Gasteiger partial charge on any atom is 0.244 e. The third-order valence-electron chi connectivity index (χ3n) is 1.91. The minimum absolute atomic E-state index is 0.327. The Morgan fingerprint density at radius 2 is 2.21 bits per heavy atom. The molecular weight excluding hydrogens is 178 g/mol. The monoisotopic (exact) mass is 193 g/mol. The molecule has 0 spiro atoms. The average Bonchev–Trinajstić information content (AvgIpc) is 2.87. The van der Waals surface area contributed by atoms with Gasteiger partial charge in [-0.15, -0.1) is 5.10 Å². The normalized spacial score (nSPS) is 15.6. The number of anilines is 2. The van der Waals surface area contributed by atoms with E-state index in [1.54, 1.807) is 6.20 Å². The lowest BCUT2D eigenvalue weighted by Crippen LogP contribution is -2.14. The molecule has 76 valence electrons. The molecule has 0 radical (unpaired) electrons. The Morgan fingerprint density at radius 1 is 1.43 bits per heavy atom. The van der Waals surface area contributed by atoms with Gasteiger partial charge in [0.25, 0.3) is 0 Å². The fourth-order valence-electron chi connectivity index (χ4n) is 1.13. The van der Waals surface area contributed by atoms with E-state index in [0.717, 1.165) is 5.82 Å². The molecule has 1 aliphatic rings. The summed E-state index contributed by atoms with van der Waals surface area (Å²) in [5, 5.41) is 14.2. The van der Waals surface area contributed by atoms with Crippen LogP contribution in [0.25, 0.3) is 0 Å². The molecule has 2 N–H and O–H groups in total. The fourth-order valence-corrected chi connectivity index (χ4v) is 1.13. The van der Waals surface area contributed by atoms with Crippen molar-refractivity contribution in [1.82, 2.24) is 15.2 Å². The van der Waals surface area contributed by atoms with Gasteiger partial charge in [-0.1, -0.05) is 0 Å². The van der Waals surface area contributed by atoms with Crippen LogP contribution in [-0.4, -0.2) is 27.3 Å². The molecule has 0 amide bonds. The number of aromatic nitrogens is 3.